The number of esters is 1. The van der Waals surface area contributed by atoms with Gasteiger partial charge in [0.05, 0.1) is 30.3 Å². The molecule has 0 amide bonds. The zero-order valence-corrected chi connectivity index (χ0v) is 15.9. The summed E-state index contributed by atoms with van der Waals surface area (Å²) in [5, 5.41) is 56.7. The van der Waals surface area contributed by atoms with Gasteiger partial charge in [0.25, 0.3) is 0 Å². The van der Waals surface area contributed by atoms with E-state index < -0.39 is 48.3 Å². The number of rotatable bonds is 3. The Labute approximate surface area is 166 Å². The Morgan fingerprint density at radius 3 is 2.52 bits per heavy atom. The smallest absolute Gasteiger partial charge is 0.338 e. The Hall–Kier alpha value is -2.89. The molecule has 0 aromatic heterocycles. The van der Waals surface area contributed by atoms with Gasteiger partial charge in [-0.2, -0.15) is 0 Å². The topological polar surface area (TPSA) is 174 Å². The van der Waals surface area contributed by atoms with Crippen molar-refractivity contribution in [3.05, 3.63) is 35.4 Å². The number of aryl methyl sites for hydroxylation is 1. The first-order valence-corrected chi connectivity index (χ1v) is 9.24. The summed E-state index contributed by atoms with van der Waals surface area (Å²) in [5.74, 6) is -3.78. The number of hydrogen-bond acceptors (Lipinski definition) is 7. The monoisotopic (exact) mass is 404 g/mol. The zero-order valence-electron chi connectivity index (χ0n) is 15.9. The van der Waals surface area contributed by atoms with E-state index in [0.717, 1.165) is 5.56 Å². The second-order valence-electron chi connectivity index (χ2n) is 7.70. The number of nitrogens with one attached hydrogen (secondary N) is 5. The molecule has 1 spiro atoms. The molecule has 0 aliphatic carbocycles. The van der Waals surface area contributed by atoms with Gasteiger partial charge in [0.15, 0.2) is 23.7 Å². The Morgan fingerprint density at radius 1 is 1.24 bits per heavy atom. The van der Waals surface area contributed by atoms with Crippen molar-refractivity contribution in [1.82, 2.24) is 20.9 Å². The molecule has 3 saturated heterocycles. The Kier molecular flexibility index (Phi) is 4.22. The Balaban J connectivity index is 1.73. The summed E-state index contributed by atoms with van der Waals surface area (Å²) in [6, 6.07) is 4.18. The van der Waals surface area contributed by atoms with Gasteiger partial charge in [-0.05, 0) is 26.0 Å². The lowest BCUT2D eigenvalue weighted by Crippen LogP contribution is -2.81. The molecular formula is C18H24N6O5. The molecule has 29 heavy (non-hydrogen) atoms. The van der Waals surface area contributed by atoms with Crippen LogP contribution in [-0.4, -0.2) is 80.4 Å². The second-order valence-corrected chi connectivity index (χ2v) is 7.70. The zero-order chi connectivity index (χ0) is 21.1. The molecule has 1 aromatic carbocycles. The number of hydrogen-bond donors (Lipinski definition) is 8. The van der Waals surface area contributed by atoms with Crippen LogP contribution in [0.5, 0.6) is 0 Å². The van der Waals surface area contributed by atoms with Crippen LogP contribution in [0.2, 0.25) is 0 Å². The first kappa shape index (κ1) is 19.4. The van der Waals surface area contributed by atoms with E-state index in [1.54, 1.807) is 31.2 Å². The molecule has 156 valence electrons. The van der Waals surface area contributed by atoms with Crippen LogP contribution in [0.15, 0.2) is 24.3 Å². The summed E-state index contributed by atoms with van der Waals surface area (Å²) in [6.07, 6.45) is -1.43. The van der Waals surface area contributed by atoms with E-state index in [9.17, 15) is 20.1 Å². The molecule has 3 fully saturated rings. The highest BCUT2D eigenvalue weighted by atomic mass is 16.6. The van der Waals surface area contributed by atoms with E-state index in [1.807, 2.05) is 6.92 Å². The van der Waals surface area contributed by atoms with E-state index in [0.29, 0.717) is 0 Å². The molecule has 11 heteroatoms. The standard InChI is InChI=1S/C18H24N6O5/c1-8-3-5-10(6-4-8)14(26)29-13-9(2)24-16(20)21-11(7-25)12-17(24,18(13,27)28)23-15(19)22-12/h3-6,9,11-13,25,27-28H,7H2,1-2H3,(H2,20,21)(H3,19,22,23)/t9-,11-,12-,13-,17-/m0/s1. The molecule has 4 rings (SSSR count). The molecule has 1 aromatic rings. The highest BCUT2D eigenvalue weighted by molar-refractivity contribution is 5.90. The first-order valence-electron chi connectivity index (χ1n) is 9.24. The number of carbonyl (C=O) groups excluding carboxylic acids is 1. The molecular weight excluding hydrogens is 380 g/mol. The largest absolute Gasteiger partial charge is 0.451 e. The van der Waals surface area contributed by atoms with Crippen LogP contribution < -0.4 is 16.0 Å². The van der Waals surface area contributed by atoms with Crippen molar-refractivity contribution in [2.45, 2.75) is 49.5 Å². The molecule has 0 bridgehead atoms. The maximum absolute atomic E-state index is 12.7. The summed E-state index contributed by atoms with van der Waals surface area (Å²) >= 11 is 0. The lowest BCUT2D eigenvalue weighted by Gasteiger charge is -2.51. The minimum atomic E-state index is -2.67. The number of carbonyl (C=O) groups is 1. The molecule has 3 heterocycles. The predicted octanol–water partition coefficient (Wildman–Crippen LogP) is -2.00. The molecule has 11 nitrogen and oxygen atoms in total. The van der Waals surface area contributed by atoms with Crippen molar-refractivity contribution < 1.29 is 24.9 Å². The van der Waals surface area contributed by atoms with Crippen LogP contribution >= 0.6 is 0 Å². The van der Waals surface area contributed by atoms with Crippen molar-refractivity contribution >= 4 is 17.9 Å². The first-order chi connectivity index (χ1) is 13.6. The van der Waals surface area contributed by atoms with E-state index in [2.05, 4.69) is 16.0 Å². The molecule has 0 radical (unpaired) electrons. The average molecular weight is 404 g/mol. The van der Waals surface area contributed by atoms with Gasteiger partial charge in [-0.3, -0.25) is 10.8 Å². The SMILES string of the molecule is Cc1ccc(C(=O)O[C@H]2[C@H](C)N3C(=N)N[C@@H](CO)[C@@H]4NC(=N)N[C@@]43C2(O)O)cc1. The average Bonchev–Trinajstić information content (AvgIpc) is 3.10. The summed E-state index contributed by atoms with van der Waals surface area (Å²) in [4.78, 5) is 14.0. The maximum Gasteiger partial charge on any atom is 0.338 e. The number of aliphatic hydroxyl groups is 3. The minimum Gasteiger partial charge on any atom is -0.451 e. The lowest BCUT2D eigenvalue weighted by atomic mass is 9.85. The second kappa shape index (κ2) is 6.31. The van der Waals surface area contributed by atoms with Crippen LogP contribution in [-0.2, 0) is 4.74 Å². The van der Waals surface area contributed by atoms with Crippen molar-refractivity contribution in [3.8, 4) is 0 Å². The van der Waals surface area contributed by atoms with Crippen molar-refractivity contribution in [2.75, 3.05) is 6.61 Å². The van der Waals surface area contributed by atoms with Gasteiger partial charge in [-0.25, -0.2) is 4.79 Å². The van der Waals surface area contributed by atoms with Crippen molar-refractivity contribution in [2.24, 2.45) is 0 Å². The fourth-order valence-corrected chi connectivity index (χ4v) is 4.59. The summed E-state index contributed by atoms with van der Waals surface area (Å²) in [6.45, 7) is 3.06. The molecule has 3 aliphatic heterocycles. The number of ether oxygens (including phenoxy) is 1. The molecule has 0 saturated carbocycles. The Morgan fingerprint density at radius 2 is 1.90 bits per heavy atom. The van der Waals surface area contributed by atoms with Crippen LogP contribution in [0.25, 0.3) is 0 Å². The fraction of sp³-hybridized carbons (Fsp3) is 0.500. The molecule has 5 atom stereocenters. The van der Waals surface area contributed by atoms with Gasteiger partial charge < -0.3 is 40.9 Å². The summed E-state index contributed by atoms with van der Waals surface area (Å²) in [7, 11) is 0. The lowest BCUT2D eigenvalue weighted by molar-refractivity contribution is -0.258. The van der Waals surface area contributed by atoms with Gasteiger partial charge in [-0.15, -0.1) is 0 Å². The summed E-state index contributed by atoms with van der Waals surface area (Å²) in [5.41, 5.74) is -0.566. The number of guanidine groups is 2. The van der Waals surface area contributed by atoms with Gasteiger partial charge in [0, 0.05) is 0 Å². The van der Waals surface area contributed by atoms with Crippen LogP contribution in [0.4, 0.5) is 0 Å². The number of aliphatic hydroxyl groups excluding tert-OH is 1. The van der Waals surface area contributed by atoms with Crippen LogP contribution in [0.3, 0.4) is 0 Å². The third kappa shape index (κ3) is 2.51. The fourth-order valence-electron chi connectivity index (χ4n) is 4.59. The van der Waals surface area contributed by atoms with Crippen LogP contribution in [0, 0.1) is 17.7 Å². The highest BCUT2D eigenvalue weighted by Gasteiger charge is 2.77. The van der Waals surface area contributed by atoms with Crippen molar-refractivity contribution in [3.63, 3.8) is 0 Å². The van der Waals surface area contributed by atoms with E-state index in [1.165, 1.54) is 4.90 Å². The van der Waals surface area contributed by atoms with Gasteiger partial charge in [0.2, 0.25) is 5.79 Å². The van der Waals surface area contributed by atoms with Gasteiger partial charge in [-0.1, -0.05) is 17.7 Å². The minimum absolute atomic E-state index is 0.182. The normalized spacial score (nSPS) is 34.6. The Bertz CT molecular complexity index is 874. The van der Waals surface area contributed by atoms with Crippen molar-refractivity contribution in [1.29, 1.82) is 10.8 Å². The predicted molar refractivity (Wildman–Crippen MR) is 101 cm³/mol. The molecule has 8 N–H and O–H groups in total. The number of nitrogens with zero attached hydrogens (tertiary/aromatic N) is 1. The van der Waals surface area contributed by atoms with E-state index in [-0.39, 0.29) is 17.5 Å². The molecule has 0 unspecified atom stereocenters. The third-order valence-electron chi connectivity index (χ3n) is 5.93. The quantitative estimate of drug-likeness (QED) is 0.209. The van der Waals surface area contributed by atoms with Gasteiger partial charge in [0.1, 0.15) is 0 Å². The highest BCUT2D eigenvalue weighted by Crippen LogP contribution is 2.47. The summed E-state index contributed by atoms with van der Waals surface area (Å²) < 4.78 is 5.51. The van der Waals surface area contributed by atoms with Crippen LogP contribution in [0.1, 0.15) is 22.8 Å². The van der Waals surface area contributed by atoms with E-state index in [4.69, 9.17) is 15.6 Å². The number of benzene rings is 1. The third-order valence-corrected chi connectivity index (χ3v) is 5.93. The van der Waals surface area contributed by atoms with Gasteiger partial charge >= 0.3 is 5.97 Å². The molecule has 3 aliphatic rings. The maximum atomic E-state index is 12.7. The van der Waals surface area contributed by atoms with E-state index >= 15 is 0 Å².